The van der Waals surface area contributed by atoms with Crippen molar-refractivity contribution in [1.29, 1.82) is 0 Å². The first kappa shape index (κ1) is 13.7. The van der Waals surface area contributed by atoms with Crippen molar-refractivity contribution in [3.05, 3.63) is 64.5 Å². The van der Waals surface area contributed by atoms with Gasteiger partial charge in [-0.3, -0.25) is 10.8 Å². The molecule has 0 saturated carbocycles. The largest absolute Gasteiger partial charge is 0.271 e. The van der Waals surface area contributed by atoms with E-state index < -0.39 is 0 Å². The highest BCUT2D eigenvalue weighted by Gasteiger charge is 2.16. The fourth-order valence-corrected chi connectivity index (χ4v) is 2.35. The number of rotatable bonds is 4. The summed E-state index contributed by atoms with van der Waals surface area (Å²) in [6.45, 7) is 6.27. The molecule has 0 bridgehead atoms. The molecule has 0 amide bonds. The fraction of sp³-hybridized carbons (Fsp3) is 0.312. The van der Waals surface area contributed by atoms with Gasteiger partial charge in [-0.15, -0.1) is 0 Å². The van der Waals surface area contributed by atoms with E-state index in [0.717, 1.165) is 23.2 Å². The number of nitrogens with zero attached hydrogens (tertiary/aromatic N) is 1. The van der Waals surface area contributed by atoms with Crippen molar-refractivity contribution < 1.29 is 0 Å². The average Bonchev–Trinajstić information content (AvgIpc) is 2.42. The SMILES string of the molecule is CCc1cccc(C(NN)c2ncc(C)cc2C)c1. The minimum atomic E-state index is -0.0629. The maximum Gasteiger partial charge on any atom is 0.0884 e. The molecule has 0 spiro atoms. The van der Waals surface area contributed by atoms with Gasteiger partial charge in [0.1, 0.15) is 0 Å². The lowest BCUT2D eigenvalue weighted by molar-refractivity contribution is 0.616. The number of nitrogens with two attached hydrogens (primary N) is 1. The summed E-state index contributed by atoms with van der Waals surface area (Å²) < 4.78 is 0. The van der Waals surface area contributed by atoms with Crippen LogP contribution in [0, 0.1) is 13.8 Å². The van der Waals surface area contributed by atoms with Crippen LogP contribution in [0.25, 0.3) is 0 Å². The van der Waals surface area contributed by atoms with Crippen LogP contribution < -0.4 is 11.3 Å². The van der Waals surface area contributed by atoms with E-state index in [2.05, 4.69) is 54.6 Å². The lowest BCUT2D eigenvalue weighted by atomic mass is 9.97. The molecule has 0 aliphatic heterocycles. The zero-order valence-electron chi connectivity index (χ0n) is 11.8. The standard InChI is InChI=1S/C16H21N3/c1-4-13-6-5-7-14(9-13)16(19-17)15-12(3)8-11(2)10-18-15/h5-10,16,19H,4,17H2,1-3H3. The Kier molecular flexibility index (Phi) is 4.30. The summed E-state index contributed by atoms with van der Waals surface area (Å²) in [5.41, 5.74) is 8.66. The van der Waals surface area contributed by atoms with Crippen LogP contribution in [0.5, 0.6) is 0 Å². The molecule has 0 radical (unpaired) electrons. The Hall–Kier alpha value is -1.71. The molecular weight excluding hydrogens is 234 g/mol. The molecule has 0 fully saturated rings. The average molecular weight is 255 g/mol. The van der Waals surface area contributed by atoms with E-state index in [-0.39, 0.29) is 6.04 Å². The summed E-state index contributed by atoms with van der Waals surface area (Å²) in [6, 6.07) is 10.5. The minimum absolute atomic E-state index is 0.0629. The summed E-state index contributed by atoms with van der Waals surface area (Å²) in [5, 5.41) is 0. The van der Waals surface area contributed by atoms with Gasteiger partial charge in [0, 0.05) is 6.20 Å². The van der Waals surface area contributed by atoms with Crippen molar-refractivity contribution in [1.82, 2.24) is 10.4 Å². The van der Waals surface area contributed by atoms with Gasteiger partial charge in [-0.05, 0) is 42.5 Å². The van der Waals surface area contributed by atoms with Crippen LogP contribution in [-0.4, -0.2) is 4.98 Å². The molecule has 1 atom stereocenters. The lowest BCUT2D eigenvalue weighted by Gasteiger charge is -2.19. The highest BCUT2D eigenvalue weighted by Crippen LogP contribution is 2.23. The fourth-order valence-electron chi connectivity index (χ4n) is 2.35. The number of hydrogen-bond donors (Lipinski definition) is 2. The molecule has 0 aliphatic carbocycles. The van der Waals surface area contributed by atoms with Gasteiger partial charge >= 0.3 is 0 Å². The molecule has 0 saturated heterocycles. The van der Waals surface area contributed by atoms with E-state index in [4.69, 9.17) is 5.84 Å². The van der Waals surface area contributed by atoms with Gasteiger partial charge in [-0.2, -0.15) is 0 Å². The van der Waals surface area contributed by atoms with Crippen LogP contribution >= 0.6 is 0 Å². The normalized spacial score (nSPS) is 12.4. The molecule has 1 unspecified atom stereocenters. The van der Waals surface area contributed by atoms with Gasteiger partial charge in [-0.1, -0.05) is 37.3 Å². The highest BCUT2D eigenvalue weighted by atomic mass is 15.2. The van der Waals surface area contributed by atoms with Gasteiger partial charge in [0.15, 0.2) is 0 Å². The van der Waals surface area contributed by atoms with Gasteiger partial charge in [0.25, 0.3) is 0 Å². The number of hydrogen-bond acceptors (Lipinski definition) is 3. The monoisotopic (exact) mass is 255 g/mol. The topological polar surface area (TPSA) is 50.9 Å². The second-order valence-corrected chi connectivity index (χ2v) is 4.91. The maximum atomic E-state index is 5.75. The number of benzene rings is 1. The first-order chi connectivity index (χ1) is 9.15. The Morgan fingerprint density at radius 3 is 2.68 bits per heavy atom. The molecule has 3 heteroatoms. The van der Waals surface area contributed by atoms with E-state index in [1.807, 2.05) is 13.1 Å². The van der Waals surface area contributed by atoms with Crippen LogP contribution in [0.2, 0.25) is 0 Å². The van der Waals surface area contributed by atoms with Gasteiger partial charge in [-0.25, -0.2) is 5.43 Å². The summed E-state index contributed by atoms with van der Waals surface area (Å²) in [7, 11) is 0. The molecular formula is C16H21N3. The number of nitrogens with one attached hydrogen (secondary N) is 1. The third-order valence-corrected chi connectivity index (χ3v) is 3.39. The van der Waals surface area contributed by atoms with Crippen LogP contribution in [0.3, 0.4) is 0 Å². The number of aromatic nitrogens is 1. The molecule has 3 N–H and O–H groups in total. The first-order valence-electron chi connectivity index (χ1n) is 6.63. The Bertz CT molecular complexity index is 564. The Balaban J connectivity index is 2.43. The second kappa shape index (κ2) is 5.95. The van der Waals surface area contributed by atoms with Crippen molar-refractivity contribution in [3.8, 4) is 0 Å². The summed E-state index contributed by atoms with van der Waals surface area (Å²) >= 11 is 0. The zero-order valence-corrected chi connectivity index (χ0v) is 11.8. The first-order valence-corrected chi connectivity index (χ1v) is 6.63. The van der Waals surface area contributed by atoms with Gasteiger partial charge < -0.3 is 0 Å². The Morgan fingerprint density at radius 1 is 1.26 bits per heavy atom. The smallest absolute Gasteiger partial charge is 0.0884 e. The number of pyridine rings is 1. The predicted octanol–water partition coefficient (Wildman–Crippen LogP) is 2.81. The zero-order chi connectivity index (χ0) is 13.8. The quantitative estimate of drug-likeness (QED) is 0.652. The lowest BCUT2D eigenvalue weighted by Crippen LogP contribution is -2.30. The van der Waals surface area contributed by atoms with Crippen LogP contribution in [-0.2, 0) is 6.42 Å². The maximum absolute atomic E-state index is 5.75. The molecule has 2 aromatic rings. The van der Waals surface area contributed by atoms with E-state index in [0.29, 0.717) is 0 Å². The van der Waals surface area contributed by atoms with Gasteiger partial charge in [0.2, 0.25) is 0 Å². The molecule has 1 aromatic carbocycles. The van der Waals surface area contributed by atoms with E-state index in [9.17, 15) is 0 Å². The van der Waals surface area contributed by atoms with E-state index in [1.54, 1.807) is 0 Å². The Labute approximate surface area is 114 Å². The van der Waals surface area contributed by atoms with Crippen LogP contribution in [0.15, 0.2) is 36.5 Å². The number of hydrazine groups is 1. The molecule has 1 aromatic heterocycles. The second-order valence-electron chi connectivity index (χ2n) is 4.91. The van der Waals surface area contributed by atoms with Crippen molar-refractivity contribution in [2.75, 3.05) is 0 Å². The highest BCUT2D eigenvalue weighted by molar-refractivity contribution is 5.35. The van der Waals surface area contributed by atoms with Crippen molar-refractivity contribution in [2.45, 2.75) is 33.2 Å². The minimum Gasteiger partial charge on any atom is -0.271 e. The van der Waals surface area contributed by atoms with Gasteiger partial charge in [0.05, 0.1) is 11.7 Å². The molecule has 1 heterocycles. The number of aryl methyl sites for hydroxylation is 3. The van der Waals surface area contributed by atoms with E-state index in [1.165, 1.54) is 11.1 Å². The Morgan fingerprint density at radius 2 is 2.05 bits per heavy atom. The molecule has 19 heavy (non-hydrogen) atoms. The molecule has 0 aliphatic rings. The van der Waals surface area contributed by atoms with E-state index >= 15 is 0 Å². The summed E-state index contributed by atoms with van der Waals surface area (Å²) in [5.74, 6) is 5.75. The summed E-state index contributed by atoms with van der Waals surface area (Å²) in [4.78, 5) is 4.54. The van der Waals surface area contributed by atoms with Crippen molar-refractivity contribution >= 4 is 0 Å². The third-order valence-electron chi connectivity index (χ3n) is 3.39. The summed E-state index contributed by atoms with van der Waals surface area (Å²) in [6.07, 6.45) is 2.90. The van der Waals surface area contributed by atoms with Crippen molar-refractivity contribution in [3.63, 3.8) is 0 Å². The van der Waals surface area contributed by atoms with Crippen LogP contribution in [0.1, 0.15) is 40.9 Å². The molecule has 2 rings (SSSR count). The molecule has 100 valence electrons. The van der Waals surface area contributed by atoms with Crippen molar-refractivity contribution in [2.24, 2.45) is 5.84 Å². The predicted molar refractivity (Wildman–Crippen MR) is 78.7 cm³/mol. The van der Waals surface area contributed by atoms with Crippen LogP contribution in [0.4, 0.5) is 0 Å². The molecule has 3 nitrogen and oxygen atoms in total. The third kappa shape index (κ3) is 3.00.